The summed E-state index contributed by atoms with van der Waals surface area (Å²) in [5.41, 5.74) is 9.23. The van der Waals surface area contributed by atoms with E-state index in [1.54, 1.807) is 24.3 Å². The first kappa shape index (κ1) is 87.6. The largest absolute Gasteiger partial charge is 0.464 e. The number of aliphatic hydroxyl groups is 2. The van der Waals surface area contributed by atoms with Crippen molar-refractivity contribution in [3.8, 4) is 56.8 Å². The van der Waals surface area contributed by atoms with Crippen LogP contribution >= 0.6 is 0 Å². The van der Waals surface area contributed by atoms with Crippen molar-refractivity contribution in [3.63, 3.8) is 0 Å². The number of halogens is 2. The monoisotopic (exact) mass is 1670 g/mol. The minimum absolute atomic E-state index is 0.00755. The van der Waals surface area contributed by atoms with E-state index in [-0.39, 0.29) is 83.5 Å². The molecule has 4 aliphatic rings. The summed E-state index contributed by atoms with van der Waals surface area (Å²) in [6.07, 6.45) is 0.795. The molecule has 624 valence electrons. The van der Waals surface area contributed by atoms with Gasteiger partial charge in [0.25, 0.3) is 0 Å². The minimum atomic E-state index is -1.52. The van der Waals surface area contributed by atoms with E-state index in [4.69, 9.17) is 58.1 Å². The van der Waals surface area contributed by atoms with Gasteiger partial charge in [0, 0.05) is 125 Å². The first-order valence-corrected chi connectivity index (χ1v) is 63.8. The van der Waals surface area contributed by atoms with Crippen molar-refractivity contribution in [1.29, 1.82) is 0 Å². The highest BCUT2D eigenvalue weighted by molar-refractivity contribution is 6.78. The molecule has 4 aromatic carbocycles. The van der Waals surface area contributed by atoms with Crippen molar-refractivity contribution in [2.75, 3.05) is 53.2 Å². The van der Waals surface area contributed by atoms with E-state index in [0.717, 1.165) is 114 Å². The smallest absolute Gasteiger partial charge is 0.189 e. The maximum absolute atomic E-state index is 16.5. The van der Waals surface area contributed by atoms with Crippen LogP contribution in [0.1, 0.15) is 73.4 Å². The number of carbonyl (C=O) groups is 1. The number of Topliss-reactive ketones (excluding diaryl/α,β-unsaturated/α-hetero) is 1. The molecule has 2 aliphatic carbocycles. The van der Waals surface area contributed by atoms with Gasteiger partial charge in [-0.3, -0.25) is 14.6 Å². The summed E-state index contributed by atoms with van der Waals surface area (Å²) in [4.78, 5) is 32.1. The second-order valence-corrected chi connectivity index (χ2v) is 73.6. The van der Waals surface area contributed by atoms with E-state index in [2.05, 4.69) is 175 Å². The molecule has 0 radical (unpaired) electrons. The molecule has 6 heterocycles. The average molecular weight is 1670 g/mol. The molecule has 0 amide bonds. The van der Waals surface area contributed by atoms with Gasteiger partial charge in [-0.2, -0.15) is 10.2 Å². The predicted molar refractivity (Wildman–Crippen MR) is 467 cm³/mol. The molecule has 29 heteroatoms. The van der Waals surface area contributed by atoms with Crippen LogP contribution in [-0.2, 0) is 99.2 Å². The Morgan fingerprint density at radius 3 is 1.09 bits per heavy atom. The molecule has 0 spiro atoms. The third kappa shape index (κ3) is 20.7. The number of imidazole rings is 2. The van der Waals surface area contributed by atoms with E-state index >= 15 is 13.6 Å². The zero-order chi connectivity index (χ0) is 82.3. The number of hydrogen-bond donors (Lipinski definition) is 2. The molecule has 2 fully saturated rings. The summed E-state index contributed by atoms with van der Waals surface area (Å²) in [7, 11) is -8.56. The molecule has 114 heavy (non-hydrogen) atoms. The number of hydrogen-bond acceptors (Lipinski definition) is 17. The molecule has 21 nitrogen and oxygen atoms in total. The van der Waals surface area contributed by atoms with Crippen LogP contribution in [0.2, 0.25) is 154 Å². The fourth-order valence-corrected chi connectivity index (χ4v) is 20.3. The van der Waals surface area contributed by atoms with Gasteiger partial charge < -0.3 is 57.2 Å². The van der Waals surface area contributed by atoms with Gasteiger partial charge in [-0.25, -0.2) is 28.1 Å². The molecule has 4 aromatic heterocycles. The van der Waals surface area contributed by atoms with E-state index in [1.807, 2.05) is 21.5 Å². The molecule has 2 N–H and O–H groups in total. The molecule has 0 saturated heterocycles. The Hall–Kier alpha value is -5.73. The summed E-state index contributed by atoms with van der Waals surface area (Å²) in [5, 5.41) is 35.7. The highest BCUT2D eigenvalue weighted by atomic mass is 28.3. The lowest BCUT2D eigenvalue weighted by molar-refractivity contribution is -0.177. The van der Waals surface area contributed by atoms with Crippen molar-refractivity contribution in [1.82, 2.24) is 48.5 Å². The van der Waals surface area contributed by atoms with Gasteiger partial charge in [-0.05, 0) is 157 Å². The number of carbonyl (C=O) groups excluding carboxylic acids is 1. The Balaban J connectivity index is 0.861. The lowest BCUT2D eigenvalue weighted by Crippen LogP contribution is -2.74. The van der Waals surface area contributed by atoms with Crippen molar-refractivity contribution in [2.24, 2.45) is 0 Å². The first-order chi connectivity index (χ1) is 53.6. The quantitative estimate of drug-likeness (QED) is 0.0207. The molecular weight excluding hydrogens is 1540 g/mol. The summed E-state index contributed by atoms with van der Waals surface area (Å²) in [6.45, 7) is 51.5. The average Bonchev–Trinajstić information content (AvgIpc) is 1.38. The van der Waals surface area contributed by atoms with Gasteiger partial charge in [-0.15, -0.1) is 0 Å². The second kappa shape index (κ2) is 35.3. The SMILES string of the molecule is CCc1cc(OCOCC[Si](C)(C)C)c(F)cc1-c1ccc2c(-c3nc4c(n3COCC[Si](C)(C)C)CN(C3(C(=O)C5(N6Cc7nc(-c8nn(COCC[Si](C)(C)C)c9cc(-c%10cc(F)c(OCOCC[Si](C)(C)C)cc%10CC)ccc89)n(COCC[Si](C)(C)C)c7C6)CC(O)C5)CC(O)C3)C4)nn(COCC[Si](C)(C)C)c2c1. The Bertz CT molecular complexity index is 4410. The second-order valence-electron chi connectivity index (χ2n) is 39.8. The van der Waals surface area contributed by atoms with Crippen LogP contribution in [0.5, 0.6) is 11.5 Å². The molecule has 12 rings (SSSR count). The van der Waals surface area contributed by atoms with E-state index < -0.39 is 83.4 Å². The van der Waals surface area contributed by atoms with Crippen LogP contribution in [0, 0.1) is 11.6 Å². The Morgan fingerprint density at radius 2 is 0.772 bits per heavy atom. The Kier molecular flexibility index (Phi) is 27.1. The van der Waals surface area contributed by atoms with Crippen LogP contribution in [0.3, 0.4) is 0 Å². The normalized spacial score (nSPS) is 19.2. The van der Waals surface area contributed by atoms with Gasteiger partial charge in [0.2, 0.25) is 0 Å². The molecule has 8 aromatic rings. The zero-order valence-corrected chi connectivity index (χ0v) is 78.0. The number of rotatable bonds is 42. The number of ether oxygens (including phenoxy) is 8. The molecular formula is C85H130F2N10O11Si6. The fourth-order valence-electron chi connectivity index (χ4n) is 15.8. The molecule has 2 saturated carbocycles. The molecule has 0 atom stereocenters. The van der Waals surface area contributed by atoms with Crippen molar-refractivity contribution < 1.29 is 61.7 Å². The predicted octanol–water partition coefficient (Wildman–Crippen LogP) is 18.2. The van der Waals surface area contributed by atoms with Crippen molar-refractivity contribution in [3.05, 3.63) is 106 Å². The van der Waals surface area contributed by atoms with E-state index in [1.165, 1.54) is 0 Å². The van der Waals surface area contributed by atoms with Gasteiger partial charge in [-0.1, -0.05) is 144 Å². The van der Waals surface area contributed by atoms with Crippen molar-refractivity contribution >= 4 is 76.0 Å². The number of aliphatic hydroxyl groups excluding tert-OH is 2. The lowest BCUT2D eigenvalue weighted by Gasteiger charge is -2.59. The summed E-state index contributed by atoms with van der Waals surface area (Å²) in [5.74, 6) is 0.662. The number of aryl methyl sites for hydroxylation is 2. The maximum Gasteiger partial charge on any atom is 0.189 e. The van der Waals surface area contributed by atoms with E-state index in [9.17, 15) is 10.2 Å². The number of aromatic nitrogens is 8. The number of ketones is 1. The summed E-state index contributed by atoms with van der Waals surface area (Å²) in [6, 6.07) is 24.9. The standard InChI is InChI=1S/C85H130F2N10O11Si6/c1-21-59-41-77(107-57-105-31-37-113(15,16)17)69(86)43-67(59)61-23-25-65-73(39-61)96(55-103-29-35-111(9,10)11)90-79(65)81-88-71-49-92(51-75(71)94(81)53-101-27-33-109(3,4)5)84(45-63(98)46-84)83(100)85(47-64(99)48-85)93-50-72-76(52-93)95(54-102-28-34-110(6,7)8)82(89-72)80-66-26-24-62(40-74(66)97(91-80)56-104-30-36-112(12,13)14)68-44-70(87)78(42-60(68)22-2)108-58-106-32-38-114(18,19)20/h23-26,39-44,63-64,98-99H,21-22,27-38,45-58H2,1-20H3. The lowest BCUT2D eigenvalue weighted by atomic mass is 9.58. The van der Waals surface area contributed by atoms with Gasteiger partial charge in [0.1, 0.15) is 38.3 Å². The third-order valence-electron chi connectivity index (χ3n) is 23.1. The Labute approximate surface area is 681 Å². The van der Waals surface area contributed by atoms with E-state index in [0.29, 0.717) is 102 Å². The van der Waals surface area contributed by atoms with Gasteiger partial charge >= 0.3 is 0 Å². The molecule has 0 bridgehead atoms. The van der Waals surface area contributed by atoms with Crippen LogP contribution in [0.25, 0.3) is 67.1 Å². The number of fused-ring (bicyclic) bond motifs is 4. The number of benzene rings is 4. The topological polar surface area (TPSA) is 209 Å². The number of nitrogens with zero attached hydrogens (tertiary/aromatic N) is 10. The third-order valence-corrected chi connectivity index (χ3v) is 33.3. The first-order valence-electron chi connectivity index (χ1n) is 41.6. The maximum atomic E-state index is 16.5. The highest BCUT2D eigenvalue weighted by Gasteiger charge is 2.66. The van der Waals surface area contributed by atoms with Crippen LogP contribution < -0.4 is 9.47 Å². The minimum Gasteiger partial charge on any atom is -0.464 e. The fraction of sp³-hybridized carbons (Fsp3) is 0.612. The zero-order valence-electron chi connectivity index (χ0n) is 72.0. The van der Waals surface area contributed by atoms with Crippen molar-refractivity contribution in [2.45, 2.75) is 283 Å². The van der Waals surface area contributed by atoms with Crippen LogP contribution in [0.15, 0.2) is 60.7 Å². The molecule has 0 unspecified atom stereocenters. The highest BCUT2D eigenvalue weighted by Crippen LogP contribution is 2.53. The van der Waals surface area contributed by atoms with Crippen LogP contribution in [0.4, 0.5) is 8.78 Å². The van der Waals surface area contributed by atoms with Gasteiger partial charge in [0.15, 0.2) is 54.2 Å². The molecule has 2 aliphatic heterocycles. The van der Waals surface area contributed by atoms with Crippen LogP contribution in [-0.4, -0.2) is 189 Å². The summed E-state index contributed by atoms with van der Waals surface area (Å²) < 4.78 is 90.4. The summed E-state index contributed by atoms with van der Waals surface area (Å²) >= 11 is 0. The van der Waals surface area contributed by atoms with Gasteiger partial charge in [0.05, 0.1) is 57.1 Å². The Morgan fingerprint density at radius 1 is 0.447 bits per heavy atom.